The lowest BCUT2D eigenvalue weighted by Gasteiger charge is -2.10. The van der Waals surface area contributed by atoms with Gasteiger partial charge in [-0.15, -0.1) is 0 Å². The number of pyridine rings is 1. The number of nitrogens with one attached hydrogen (secondary N) is 1. The Hall–Kier alpha value is -3.07. The number of nitrogen functional groups attached to an aromatic ring is 1. The average molecular weight is 268 g/mol. The van der Waals surface area contributed by atoms with E-state index in [2.05, 4.69) is 16.4 Å². The molecule has 0 fully saturated rings. The Morgan fingerprint density at radius 3 is 2.95 bits per heavy atom. The summed E-state index contributed by atoms with van der Waals surface area (Å²) in [5.41, 5.74) is 7.29. The lowest BCUT2D eigenvalue weighted by molar-refractivity contribution is 0.0698. The van der Waals surface area contributed by atoms with E-state index in [1.54, 1.807) is 18.2 Å². The highest BCUT2D eigenvalue weighted by molar-refractivity contribution is 5.96. The number of carboxylic acids is 1. The average Bonchev–Trinajstić information content (AvgIpc) is 2.46. The zero-order valence-electron chi connectivity index (χ0n) is 10.5. The summed E-state index contributed by atoms with van der Waals surface area (Å²) in [4.78, 5) is 15.0. The molecule has 0 radical (unpaired) electrons. The molecule has 0 aliphatic heterocycles. The van der Waals surface area contributed by atoms with Crippen molar-refractivity contribution in [3.05, 3.63) is 53.2 Å². The van der Waals surface area contributed by atoms with Gasteiger partial charge in [-0.1, -0.05) is 12.1 Å². The van der Waals surface area contributed by atoms with Crippen LogP contribution in [0.1, 0.15) is 21.5 Å². The first-order valence-corrected chi connectivity index (χ1v) is 5.82. The first-order chi connectivity index (χ1) is 9.61. The number of nitriles is 1. The van der Waals surface area contributed by atoms with Crippen molar-refractivity contribution in [3.8, 4) is 6.07 Å². The van der Waals surface area contributed by atoms with Crippen LogP contribution in [0.15, 0.2) is 36.5 Å². The molecule has 0 aliphatic rings. The Balaban J connectivity index is 2.17. The van der Waals surface area contributed by atoms with E-state index in [1.807, 2.05) is 6.07 Å². The lowest BCUT2D eigenvalue weighted by Crippen LogP contribution is -2.09. The Labute approximate surface area is 115 Å². The third kappa shape index (κ3) is 2.84. The van der Waals surface area contributed by atoms with E-state index in [0.717, 1.165) is 5.56 Å². The van der Waals surface area contributed by atoms with Crippen LogP contribution in [0.5, 0.6) is 0 Å². The molecular weight excluding hydrogens is 256 g/mol. The first-order valence-electron chi connectivity index (χ1n) is 5.82. The van der Waals surface area contributed by atoms with E-state index in [1.165, 1.54) is 12.3 Å². The topological polar surface area (TPSA) is 112 Å². The van der Waals surface area contributed by atoms with Crippen LogP contribution in [0.4, 0.5) is 11.5 Å². The Kier molecular flexibility index (Phi) is 3.82. The third-order valence-electron chi connectivity index (χ3n) is 2.74. The van der Waals surface area contributed by atoms with Gasteiger partial charge in [-0.2, -0.15) is 5.26 Å². The van der Waals surface area contributed by atoms with E-state index in [4.69, 9.17) is 16.1 Å². The molecule has 0 bridgehead atoms. The fourth-order valence-corrected chi connectivity index (χ4v) is 1.74. The molecule has 0 unspecified atom stereocenters. The second-order valence-electron chi connectivity index (χ2n) is 4.09. The van der Waals surface area contributed by atoms with Crippen molar-refractivity contribution in [1.29, 1.82) is 5.26 Å². The highest BCUT2D eigenvalue weighted by Gasteiger charge is 2.11. The molecule has 0 saturated heterocycles. The molecule has 0 aliphatic carbocycles. The molecule has 20 heavy (non-hydrogen) atoms. The van der Waals surface area contributed by atoms with Crippen molar-refractivity contribution < 1.29 is 9.90 Å². The predicted octanol–water partition coefficient (Wildman–Crippen LogP) is 1.85. The van der Waals surface area contributed by atoms with Gasteiger partial charge >= 0.3 is 5.97 Å². The first kappa shape index (κ1) is 13.4. The highest BCUT2D eigenvalue weighted by Crippen LogP contribution is 2.20. The molecule has 0 spiro atoms. The van der Waals surface area contributed by atoms with Gasteiger partial charge in [0.25, 0.3) is 0 Å². The molecule has 0 atom stereocenters. The summed E-state index contributed by atoms with van der Waals surface area (Å²) >= 11 is 0. The Morgan fingerprint density at radius 2 is 2.25 bits per heavy atom. The highest BCUT2D eigenvalue weighted by atomic mass is 16.4. The van der Waals surface area contributed by atoms with Gasteiger partial charge < -0.3 is 16.2 Å². The summed E-state index contributed by atoms with van der Waals surface area (Å²) in [6.45, 7) is 0.399. The van der Waals surface area contributed by atoms with Crippen molar-refractivity contribution in [2.45, 2.75) is 6.54 Å². The second-order valence-corrected chi connectivity index (χ2v) is 4.09. The second kappa shape index (κ2) is 5.71. The summed E-state index contributed by atoms with van der Waals surface area (Å²) in [5, 5.41) is 20.8. The van der Waals surface area contributed by atoms with Crippen molar-refractivity contribution in [2.75, 3.05) is 11.1 Å². The molecule has 6 nitrogen and oxygen atoms in total. The Morgan fingerprint density at radius 1 is 1.45 bits per heavy atom. The zero-order chi connectivity index (χ0) is 14.5. The number of anilines is 2. The monoisotopic (exact) mass is 268 g/mol. The van der Waals surface area contributed by atoms with E-state index in [9.17, 15) is 4.79 Å². The summed E-state index contributed by atoms with van der Waals surface area (Å²) in [6.07, 6.45) is 1.38. The van der Waals surface area contributed by atoms with Crippen molar-refractivity contribution in [3.63, 3.8) is 0 Å². The smallest absolute Gasteiger partial charge is 0.337 e. The van der Waals surface area contributed by atoms with E-state index in [-0.39, 0.29) is 11.3 Å². The van der Waals surface area contributed by atoms with E-state index < -0.39 is 5.97 Å². The van der Waals surface area contributed by atoms with Gasteiger partial charge in [0.05, 0.1) is 22.9 Å². The molecule has 0 amide bonds. The number of hydrogen-bond acceptors (Lipinski definition) is 5. The number of benzene rings is 1. The lowest BCUT2D eigenvalue weighted by atomic mass is 10.1. The van der Waals surface area contributed by atoms with Gasteiger partial charge in [0.1, 0.15) is 5.82 Å². The summed E-state index contributed by atoms with van der Waals surface area (Å²) in [5.74, 6) is -0.785. The largest absolute Gasteiger partial charge is 0.478 e. The van der Waals surface area contributed by atoms with Crippen molar-refractivity contribution in [1.82, 2.24) is 4.98 Å². The van der Waals surface area contributed by atoms with Crippen LogP contribution in [-0.2, 0) is 6.54 Å². The quantitative estimate of drug-likeness (QED) is 0.780. The van der Waals surface area contributed by atoms with Gasteiger partial charge in [0.2, 0.25) is 0 Å². The summed E-state index contributed by atoms with van der Waals surface area (Å²) in [6, 6.07) is 10.5. The van der Waals surface area contributed by atoms with Gasteiger partial charge in [0, 0.05) is 12.7 Å². The van der Waals surface area contributed by atoms with Gasteiger partial charge in [-0.3, -0.25) is 0 Å². The van der Waals surface area contributed by atoms with Crippen LogP contribution in [0.25, 0.3) is 0 Å². The van der Waals surface area contributed by atoms with Crippen LogP contribution in [0.2, 0.25) is 0 Å². The third-order valence-corrected chi connectivity index (χ3v) is 2.74. The van der Waals surface area contributed by atoms with Crippen LogP contribution >= 0.6 is 0 Å². The molecule has 1 aromatic carbocycles. The number of aromatic nitrogens is 1. The molecule has 6 heteroatoms. The number of rotatable bonds is 4. The van der Waals surface area contributed by atoms with Crippen LogP contribution < -0.4 is 11.1 Å². The van der Waals surface area contributed by atoms with Gasteiger partial charge in [-0.25, -0.2) is 9.78 Å². The zero-order valence-corrected chi connectivity index (χ0v) is 10.5. The molecule has 2 aromatic rings. The van der Waals surface area contributed by atoms with E-state index in [0.29, 0.717) is 17.9 Å². The molecule has 4 N–H and O–H groups in total. The maximum Gasteiger partial charge on any atom is 0.337 e. The van der Waals surface area contributed by atoms with Gasteiger partial charge in [0.15, 0.2) is 0 Å². The Bertz CT molecular complexity index is 692. The maximum absolute atomic E-state index is 11.0. The molecule has 2 rings (SSSR count). The molecule has 100 valence electrons. The standard InChI is InChI=1S/C14H12N4O2/c15-7-9-2-1-3-10(6-9)8-18-13-12(16)11(14(19)20)4-5-17-13/h1-6H,8,16H2,(H,17,18)(H,19,20). The molecular formula is C14H12N4O2. The SMILES string of the molecule is N#Cc1cccc(CNc2nccc(C(=O)O)c2N)c1. The minimum Gasteiger partial charge on any atom is -0.478 e. The molecule has 0 saturated carbocycles. The number of hydrogen-bond donors (Lipinski definition) is 3. The fraction of sp³-hybridized carbons (Fsp3) is 0.0714. The minimum absolute atomic E-state index is 0.00766. The normalized spacial score (nSPS) is 9.75. The van der Waals surface area contributed by atoms with Crippen LogP contribution in [0.3, 0.4) is 0 Å². The molecule has 1 aromatic heterocycles. The fourth-order valence-electron chi connectivity index (χ4n) is 1.74. The number of nitrogens with zero attached hydrogens (tertiary/aromatic N) is 2. The number of aromatic carboxylic acids is 1. The maximum atomic E-state index is 11.0. The van der Waals surface area contributed by atoms with Crippen molar-refractivity contribution in [2.24, 2.45) is 0 Å². The number of nitrogens with two attached hydrogens (primary N) is 1. The summed E-state index contributed by atoms with van der Waals surface area (Å²) < 4.78 is 0. The van der Waals surface area contributed by atoms with E-state index >= 15 is 0 Å². The van der Waals surface area contributed by atoms with Crippen LogP contribution in [-0.4, -0.2) is 16.1 Å². The summed E-state index contributed by atoms with van der Waals surface area (Å²) in [7, 11) is 0. The predicted molar refractivity (Wildman–Crippen MR) is 74.1 cm³/mol. The minimum atomic E-state index is -1.10. The number of carboxylic acid groups (broad SMARTS) is 1. The van der Waals surface area contributed by atoms with Crippen LogP contribution in [0, 0.1) is 11.3 Å². The van der Waals surface area contributed by atoms with Crippen molar-refractivity contribution >= 4 is 17.5 Å². The van der Waals surface area contributed by atoms with Gasteiger partial charge in [-0.05, 0) is 23.8 Å². The molecule has 1 heterocycles. The number of carbonyl (C=O) groups is 1.